The van der Waals surface area contributed by atoms with Crippen molar-refractivity contribution in [1.29, 1.82) is 0 Å². The monoisotopic (exact) mass is 401 g/mol. The molecule has 0 spiro atoms. The average Bonchev–Trinajstić information content (AvgIpc) is 3.38. The third-order valence-corrected chi connectivity index (χ3v) is 7.04. The minimum atomic E-state index is -1.13. The molecule has 2 atom stereocenters. The Morgan fingerprint density at radius 3 is 2.52 bits per heavy atom. The Morgan fingerprint density at radius 2 is 1.83 bits per heavy atom. The van der Waals surface area contributed by atoms with Gasteiger partial charge in [-0.3, -0.25) is 0 Å². The Bertz CT molecular complexity index is 1220. The lowest BCUT2D eigenvalue weighted by Gasteiger charge is -2.21. The van der Waals surface area contributed by atoms with Gasteiger partial charge in [0.2, 0.25) is 5.60 Å². The van der Waals surface area contributed by atoms with E-state index in [9.17, 15) is 4.79 Å². The maximum absolute atomic E-state index is 12.8. The number of rotatable bonds is 4. The fourth-order valence-corrected chi connectivity index (χ4v) is 5.51. The molecular weight excluding hydrogens is 380 g/mol. The van der Waals surface area contributed by atoms with E-state index in [-0.39, 0.29) is 10.5 Å². The van der Waals surface area contributed by atoms with Crippen molar-refractivity contribution in [1.82, 2.24) is 0 Å². The predicted molar refractivity (Wildman–Crippen MR) is 117 cm³/mol. The van der Waals surface area contributed by atoms with Crippen LogP contribution in [0.3, 0.4) is 0 Å². The fourth-order valence-electron chi connectivity index (χ4n) is 3.39. The van der Waals surface area contributed by atoms with Gasteiger partial charge < -0.3 is 9.15 Å². The first-order valence-corrected chi connectivity index (χ1v) is 10.6. The van der Waals surface area contributed by atoms with Gasteiger partial charge in [0.15, 0.2) is 15.4 Å². The van der Waals surface area contributed by atoms with Crippen molar-refractivity contribution in [3.63, 3.8) is 0 Å². The van der Waals surface area contributed by atoms with Gasteiger partial charge in [0, 0.05) is 21.4 Å². The minimum Gasteiger partial charge on any atom is -0.464 e. The fraction of sp³-hybridized carbons (Fsp3) is 0.160. The van der Waals surface area contributed by atoms with Crippen molar-refractivity contribution in [2.24, 2.45) is 0 Å². The van der Waals surface area contributed by atoms with Gasteiger partial charge in [0.25, 0.3) is 0 Å². The number of hydrogen-bond acceptors (Lipinski definition) is 3. The number of aryl methyl sites for hydroxylation is 1. The van der Waals surface area contributed by atoms with Crippen molar-refractivity contribution >= 4 is 26.5 Å². The van der Waals surface area contributed by atoms with Gasteiger partial charge in [-0.05, 0) is 75.2 Å². The standard InChI is InChI=1S/C25H21O3S/c1-4-15-25(3,23-10-7-16-27-23)28-24(26)19-11-13-20(14-12-19)29-17-18(2)21-8-5-6-9-22(21)29/h5-14,16-17H,1-3H3/q+1. The van der Waals surface area contributed by atoms with Crippen LogP contribution in [-0.4, -0.2) is 5.97 Å². The molecule has 4 heteroatoms. The molecular formula is C25H21O3S+. The molecule has 144 valence electrons. The van der Waals surface area contributed by atoms with E-state index >= 15 is 0 Å². The average molecular weight is 402 g/mol. The molecule has 29 heavy (non-hydrogen) atoms. The van der Waals surface area contributed by atoms with Gasteiger partial charge in [-0.15, -0.1) is 5.92 Å². The molecule has 3 nitrogen and oxygen atoms in total. The highest BCUT2D eigenvalue weighted by Gasteiger charge is 2.32. The second-order valence-corrected chi connectivity index (χ2v) is 8.76. The Hall–Kier alpha value is -3.29. The molecule has 0 amide bonds. The summed E-state index contributed by atoms with van der Waals surface area (Å²) in [7, 11) is -0.115. The summed E-state index contributed by atoms with van der Waals surface area (Å²) in [6.45, 7) is 5.58. The number of fused-ring (bicyclic) bond motifs is 1. The van der Waals surface area contributed by atoms with Gasteiger partial charge in [-0.2, -0.15) is 0 Å². The molecule has 4 rings (SSSR count). The maximum Gasteiger partial charge on any atom is 0.340 e. The van der Waals surface area contributed by atoms with E-state index in [0.717, 1.165) is 0 Å². The Labute approximate surface area is 172 Å². The second kappa shape index (κ2) is 7.62. The third kappa shape index (κ3) is 3.57. The maximum atomic E-state index is 12.8. The summed E-state index contributed by atoms with van der Waals surface area (Å²) >= 11 is 0. The molecule has 0 bridgehead atoms. The van der Waals surface area contributed by atoms with Crippen LogP contribution in [0.4, 0.5) is 0 Å². The first-order chi connectivity index (χ1) is 14.0. The predicted octanol–water partition coefficient (Wildman–Crippen LogP) is 6.58. The lowest BCUT2D eigenvalue weighted by atomic mass is 10.0. The van der Waals surface area contributed by atoms with Crippen molar-refractivity contribution in [3.8, 4) is 16.7 Å². The van der Waals surface area contributed by atoms with Crippen LogP contribution >= 0.6 is 10.5 Å². The summed E-state index contributed by atoms with van der Waals surface area (Å²) < 4.78 is 12.5. The zero-order chi connectivity index (χ0) is 20.4. The molecule has 2 heterocycles. The highest BCUT2D eigenvalue weighted by atomic mass is 32.2. The van der Waals surface area contributed by atoms with E-state index in [1.54, 1.807) is 32.2 Å². The molecule has 4 aromatic rings. The molecule has 0 saturated carbocycles. The molecule has 0 saturated heterocycles. The van der Waals surface area contributed by atoms with Crippen LogP contribution in [0.15, 0.2) is 76.7 Å². The lowest BCUT2D eigenvalue weighted by molar-refractivity contribution is 0.00525. The summed E-state index contributed by atoms with van der Waals surface area (Å²) in [5.41, 5.74) is 0.654. The number of thiophene rings is 1. The molecule has 2 aromatic heterocycles. The smallest absolute Gasteiger partial charge is 0.340 e. The van der Waals surface area contributed by atoms with Gasteiger partial charge in [0.05, 0.1) is 11.8 Å². The van der Waals surface area contributed by atoms with Gasteiger partial charge in [0.1, 0.15) is 5.38 Å². The largest absolute Gasteiger partial charge is 0.464 e. The first kappa shape index (κ1) is 19.0. The number of ether oxygens (including phenoxy) is 1. The van der Waals surface area contributed by atoms with Crippen LogP contribution < -0.4 is 0 Å². The SMILES string of the molecule is CC#CC(C)(OC(=O)c1ccc(-[s+]2cc(C)c3ccccc32)cc1)c1ccco1. The number of carbonyl (C=O) groups excluding carboxylic acids is 1. The van der Waals surface area contributed by atoms with Gasteiger partial charge in [-0.1, -0.05) is 12.1 Å². The second-order valence-electron chi connectivity index (χ2n) is 6.93. The topological polar surface area (TPSA) is 39.4 Å². The summed E-state index contributed by atoms with van der Waals surface area (Å²) in [5, 5.41) is 3.59. The Balaban J connectivity index is 1.62. The van der Waals surface area contributed by atoms with Crippen LogP contribution in [0, 0.1) is 18.8 Å². The molecule has 0 aliphatic carbocycles. The number of furan rings is 1. The number of hydrogen-bond donors (Lipinski definition) is 0. The van der Waals surface area contributed by atoms with E-state index in [2.05, 4.69) is 48.4 Å². The number of benzene rings is 2. The summed E-state index contributed by atoms with van der Waals surface area (Å²) in [4.78, 5) is 13.9. The van der Waals surface area contributed by atoms with E-state index in [1.165, 1.54) is 20.5 Å². The Morgan fingerprint density at radius 1 is 1.07 bits per heavy atom. The lowest BCUT2D eigenvalue weighted by Crippen LogP contribution is -2.27. The summed E-state index contributed by atoms with van der Waals surface area (Å²) in [6.07, 6.45) is 1.55. The summed E-state index contributed by atoms with van der Waals surface area (Å²) in [6, 6.07) is 19.6. The molecule has 0 aliphatic rings. The summed E-state index contributed by atoms with van der Waals surface area (Å²) in [5.74, 6) is 5.83. The number of carbonyl (C=O) groups is 1. The van der Waals surface area contributed by atoms with E-state index in [0.29, 0.717) is 11.3 Å². The van der Waals surface area contributed by atoms with Crippen LogP contribution in [0.2, 0.25) is 0 Å². The van der Waals surface area contributed by atoms with E-state index in [1.807, 2.05) is 24.3 Å². The number of esters is 1. The molecule has 2 unspecified atom stereocenters. The zero-order valence-electron chi connectivity index (χ0n) is 16.6. The molecule has 0 N–H and O–H groups in total. The minimum absolute atomic E-state index is 0.115. The van der Waals surface area contributed by atoms with Gasteiger partial charge >= 0.3 is 5.97 Å². The van der Waals surface area contributed by atoms with Crippen molar-refractivity contribution in [2.75, 3.05) is 0 Å². The first-order valence-electron chi connectivity index (χ1n) is 9.34. The van der Waals surface area contributed by atoms with Crippen LogP contribution in [0.25, 0.3) is 15.0 Å². The van der Waals surface area contributed by atoms with E-state index in [4.69, 9.17) is 9.15 Å². The van der Waals surface area contributed by atoms with Crippen LogP contribution in [0.1, 0.15) is 35.5 Å². The zero-order valence-corrected chi connectivity index (χ0v) is 17.4. The molecule has 0 fully saturated rings. The molecule has 0 aliphatic heterocycles. The normalized spacial score (nSPS) is 13.4. The van der Waals surface area contributed by atoms with Crippen molar-refractivity contribution in [2.45, 2.75) is 26.4 Å². The Kier molecular flexibility index (Phi) is 5.00. The van der Waals surface area contributed by atoms with Crippen LogP contribution in [-0.2, 0) is 10.3 Å². The van der Waals surface area contributed by atoms with Gasteiger partial charge in [-0.25, -0.2) is 4.79 Å². The van der Waals surface area contributed by atoms with E-state index < -0.39 is 11.6 Å². The molecule has 2 aromatic carbocycles. The van der Waals surface area contributed by atoms with Crippen LogP contribution in [0.5, 0.6) is 0 Å². The quantitative estimate of drug-likeness (QED) is 0.220. The van der Waals surface area contributed by atoms with Crippen molar-refractivity contribution < 1.29 is 13.9 Å². The third-order valence-electron chi connectivity index (χ3n) is 4.84. The molecule has 0 radical (unpaired) electrons. The van der Waals surface area contributed by atoms with Crippen molar-refractivity contribution in [3.05, 3.63) is 89.2 Å². The highest BCUT2D eigenvalue weighted by molar-refractivity contribution is 7.43. The highest BCUT2D eigenvalue weighted by Crippen LogP contribution is 2.41.